The number of amides is 2. The summed E-state index contributed by atoms with van der Waals surface area (Å²) in [5, 5.41) is 2.90. The lowest BCUT2D eigenvalue weighted by Gasteiger charge is -2.24. The second kappa shape index (κ2) is 9.11. The predicted octanol–water partition coefficient (Wildman–Crippen LogP) is 2.96. The largest absolute Gasteiger partial charge is 0.344 e. The Labute approximate surface area is 149 Å². The number of benzene rings is 1. The summed E-state index contributed by atoms with van der Waals surface area (Å²) in [6.45, 7) is 5.47. The molecule has 0 bridgehead atoms. The molecule has 4 nitrogen and oxygen atoms in total. The number of carbonyl (C=O) groups excluding carboxylic acids is 2. The minimum Gasteiger partial charge on any atom is -0.344 e. The normalized spacial score (nSPS) is 18.5. The molecule has 0 saturated carbocycles. The Balaban J connectivity index is 2.02. The Morgan fingerprint density at radius 3 is 2.79 bits per heavy atom. The lowest BCUT2D eigenvalue weighted by molar-refractivity contribution is -0.135. The highest BCUT2D eigenvalue weighted by Crippen LogP contribution is 2.29. The molecule has 2 atom stereocenters. The van der Waals surface area contributed by atoms with Crippen LogP contribution in [0.15, 0.2) is 24.3 Å². The number of thioether (sulfide) groups is 1. The van der Waals surface area contributed by atoms with E-state index >= 15 is 0 Å². The van der Waals surface area contributed by atoms with Gasteiger partial charge in [0.15, 0.2) is 0 Å². The van der Waals surface area contributed by atoms with Gasteiger partial charge in [-0.2, -0.15) is 11.8 Å². The number of aryl methyl sites for hydroxylation is 1. The fraction of sp³-hybridized carbons (Fsp3) is 0.579. The van der Waals surface area contributed by atoms with Crippen LogP contribution in [-0.2, 0) is 9.59 Å². The first kappa shape index (κ1) is 18.8. The SMILES string of the molecule is CCC(=O)NC(CCSC)C(=O)N1CCC(c2ccccc2C)C1. The molecule has 2 unspecified atom stereocenters. The summed E-state index contributed by atoms with van der Waals surface area (Å²) in [5.41, 5.74) is 2.63. The quantitative estimate of drug-likeness (QED) is 0.824. The minimum atomic E-state index is -0.388. The van der Waals surface area contributed by atoms with Gasteiger partial charge in [0.25, 0.3) is 0 Å². The summed E-state index contributed by atoms with van der Waals surface area (Å²) in [6, 6.07) is 8.02. The zero-order valence-electron chi connectivity index (χ0n) is 14.9. The first-order valence-electron chi connectivity index (χ1n) is 8.69. The average Bonchev–Trinajstić information content (AvgIpc) is 3.07. The van der Waals surface area contributed by atoms with Crippen LogP contribution < -0.4 is 5.32 Å². The third kappa shape index (κ3) is 4.76. The first-order valence-corrected chi connectivity index (χ1v) is 10.1. The molecule has 0 aliphatic carbocycles. The van der Waals surface area contributed by atoms with E-state index in [1.807, 2.05) is 18.1 Å². The topological polar surface area (TPSA) is 49.4 Å². The van der Waals surface area contributed by atoms with Gasteiger partial charge in [-0.15, -0.1) is 0 Å². The van der Waals surface area contributed by atoms with E-state index in [-0.39, 0.29) is 17.9 Å². The minimum absolute atomic E-state index is 0.0518. The second-order valence-electron chi connectivity index (χ2n) is 6.38. The van der Waals surface area contributed by atoms with Crippen molar-refractivity contribution < 1.29 is 9.59 Å². The molecule has 0 aromatic heterocycles. The molecule has 1 saturated heterocycles. The van der Waals surface area contributed by atoms with Crippen molar-refractivity contribution in [3.8, 4) is 0 Å². The molecular formula is C19H28N2O2S. The standard InChI is InChI=1S/C19H28N2O2S/c1-4-18(22)20-17(10-12-24-3)19(23)21-11-9-15(13-21)16-8-6-5-7-14(16)2/h5-8,15,17H,4,9-13H2,1-3H3,(H,20,22). The van der Waals surface area contributed by atoms with Crippen LogP contribution in [0.1, 0.15) is 43.2 Å². The van der Waals surface area contributed by atoms with Crippen molar-refractivity contribution >= 4 is 23.6 Å². The average molecular weight is 349 g/mol. The van der Waals surface area contributed by atoms with Crippen LogP contribution in [0, 0.1) is 6.92 Å². The monoisotopic (exact) mass is 348 g/mol. The fourth-order valence-corrected chi connectivity index (χ4v) is 3.74. The van der Waals surface area contributed by atoms with Crippen molar-refractivity contribution in [3.05, 3.63) is 35.4 Å². The summed E-state index contributed by atoms with van der Waals surface area (Å²) in [4.78, 5) is 26.5. The van der Waals surface area contributed by atoms with Crippen LogP contribution >= 0.6 is 11.8 Å². The van der Waals surface area contributed by atoms with Gasteiger partial charge in [-0.3, -0.25) is 9.59 Å². The first-order chi connectivity index (χ1) is 11.6. The van der Waals surface area contributed by atoms with Gasteiger partial charge in [0.2, 0.25) is 11.8 Å². The maximum absolute atomic E-state index is 12.9. The number of hydrogen-bond donors (Lipinski definition) is 1. The van der Waals surface area contributed by atoms with E-state index in [1.165, 1.54) is 11.1 Å². The number of nitrogens with one attached hydrogen (secondary N) is 1. The lowest BCUT2D eigenvalue weighted by Crippen LogP contribution is -2.48. The maximum Gasteiger partial charge on any atom is 0.245 e. The van der Waals surface area contributed by atoms with Crippen LogP contribution in [0.5, 0.6) is 0 Å². The van der Waals surface area contributed by atoms with Crippen LogP contribution in [0.3, 0.4) is 0 Å². The predicted molar refractivity (Wildman–Crippen MR) is 100 cm³/mol. The molecule has 1 heterocycles. The summed E-state index contributed by atoms with van der Waals surface area (Å²) in [5.74, 6) is 1.29. The fourth-order valence-electron chi connectivity index (χ4n) is 3.27. The van der Waals surface area contributed by atoms with Crippen LogP contribution in [-0.4, -0.2) is 47.9 Å². The molecule has 24 heavy (non-hydrogen) atoms. The van der Waals surface area contributed by atoms with E-state index in [4.69, 9.17) is 0 Å². The smallest absolute Gasteiger partial charge is 0.245 e. The molecule has 0 spiro atoms. The molecule has 2 rings (SSSR count). The van der Waals surface area contributed by atoms with Crippen molar-refractivity contribution in [2.75, 3.05) is 25.1 Å². The molecule has 1 aliphatic heterocycles. The van der Waals surface area contributed by atoms with E-state index in [0.29, 0.717) is 18.8 Å². The van der Waals surface area contributed by atoms with Gasteiger partial charge in [-0.1, -0.05) is 31.2 Å². The second-order valence-corrected chi connectivity index (χ2v) is 7.37. The van der Waals surface area contributed by atoms with Gasteiger partial charge < -0.3 is 10.2 Å². The third-order valence-electron chi connectivity index (χ3n) is 4.69. The van der Waals surface area contributed by atoms with Gasteiger partial charge in [0, 0.05) is 25.4 Å². The van der Waals surface area contributed by atoms with Gasteiger partial charge in [-0.05, 0) is 42.9 Å². The number of nitrogens with zero attached hydrogens (tertiary/aromatic N) is 1. The Hall–Kier alpha value is -1.49. The highest BCUT2D eigenvalue weighted by molar-refractivity contribution is 7.98. The Morgan fingerprint density at radius 2 is 2.12 bits per heavy atom. The van der Waals surface area contributed by atoms with Crippen LogP contribution in [0.25, 0.3) is 0 Å². The van der Waals surface area contributed by atoms with E-state index in [1.54, 1.807) is 11.8 Å². The Kier molecular flexibility index (Phi) is 7.16. The molecule has 0 radical (unpaired) electrons. The molecule has 2 amide bonds. The van der Waals surface area contributed by atoms with Crippen molar-refractivity contribution in [3.63, 3.8) is 0 Å². The summed E-state index contributed by atoms with van der Waals surface area (Å²) in [6.07, 6.45) is 4.12. The number of hydrogen-bond acceptors (Lipinski definition) is 3. The Morgan fingerprint density at radius 1 is 1.38 bits per heavy atom. The van der Waals surface area contributed by atoms with Crippen molar-refractivity contribution in [2.45, 2.75) is 45.1 Å². The van der Waals surface area contributed by atoms with Crippen LogP contribution in [0.4, 0.5) is 0 Å². The molecule has 1 aromatic carbocycles. The van der Waals surface area contributed by atoms with Crippen LogP contribution in [0.2, 0.25) is 0 Å². The highest BCUT2D eigenvalue weighted by atomic mass is 32.2. The van der Waals surface area contributed by atoms with E-state index in [0.717, 1.165) is 25.3 Å². The molecule has 1 aromatic rings. The van der Waals surface area contributed by atoms with Gasteiger partial charge in [-0.25, -0.2) is 0 Å². The van der Waals surface area contributed by atoms with Crippen molar-refractivity contribution in [1.82, 2.24) is 10.2 Å². The molecular weight excluding hydrogens is 320 g/mol. The Bertz CT molecular complexity index is 576. The van der Waals surface area contributed by atoms with E-state index in [9.17, 15) is 9.59 Å². The van der Waals surface area contributed by atoms with Crippen molar-refractivity contribution in [1.29, 1.82) is 0 Å². The third-order valence-corrected chi connectivity index (χ3v) is 5.34. The summed E-state index contributed by atoms with van der Waals surface area (Å²) >= 11 is 1.70. The summed E-state index contributed by atoms with van der Waals surface area (Å²) < 4.78 is 0. The lowest BCUT2D eigenvalue weighted by atomic mass is 9.94. The molecule has 1 fully saturated rings. The number of likely N-dealkylation sites (tertiary alicyclic amines) is 1. The van der Waals surface area contributed by atoms with E-state index in [2.05, 4.69) is 36.5 Å². The zero-order valence-corrected chi connectivity index (χ0v) is 15.7. The molecule has 1 aliphatic rings. The molecule has 5 heteroatoms. The summed E-state index contributed by atoms with van der Waals surface area (Å²) in [7, 11) is 0. The van der Waals surface area contributed by atoms with Crippen molar-refractivity contribution in [2.24, 2.45) is 0 Å². The van der Waals surface area contributed by atoms with Gasteiger partial charge >= 0.3 is 0 Å². The van der Waals surface area contributed by atoms with Gasteiger partial charge in [0.05, 0.1) is 0 Å². The van der Waals surface area contributed by atoms with Gasteiger partial charge in [0.1, 0.15) is 6.04 Å². The highest BCUT2D eigenvalue weighted by Gasteiger charge is 2.32. The zero-order chi connectivity index (χ0) is 17.5. The molecule has 132 valence electrons. The maximum atomic E-state index is 12.9. The molecule has 1 N–H and O–H groups in total. The number of rotatable bonds is 7. The van der Waals surface area contributed by atoms with E-state index < -0.39 is 0 Å². The number of carbonyl (C=O) groups is 2.